The average Bonchev–Trinajstić information content (AvgIpc) is 2.67. The number of nitrogens with zero attached hydrogens (tertiary/aromatic N) is 2. The van der Waals surface area contributed by atoms with Gasteiger partial charge in [-0.3, -0.25) is 9.59 Å². The van der Waals surface area contributed by atoms with Gasteiger partial charge in [0.25, 0.3) is 11.5 Å². The Balaban J connectivity index is 1.69. The molecule has 1 aliphatic heterocycles. The maximum absolute atomic E-state index is 12.7. The van der Waals surface area contributed by atoms with Crippen molar-refractivity contribution in [1.82, 2.24) is 9.88 Å². The third-order valence-electron chi connectivity index (χ3n) is 4.32. The summed E-state index contributed by atoms with van der Waals surface area (Å²) in [5.41, 5.74) is 1.15. The van der Waals surface area contributed by atoms with Crippen molar-refractivity contribution in [2.45, 2.75) is 0 Å². The summed E-state index contributed by atoms with van der Waals surface area (Å²) in [6.07, 6.45) is 1.41. The summed E-state index contributed by atoms with van der Waals surface area (Å²) in [6, 6.07) is 9.18. The lowest BCUT2D eigenvalue weighted by Crippen LogP contribution is -2.49. The zero-order valence-electron chi connectivity index (χ0n) is 14.3. The van der Waals surface area contributed by atoms with Gasteiger partial charge in [0.05, 0.1) is 19.8 Å². The molecule has 1 aromatic heterocycles. The van der Waals surface area contributed by atoms with E-state index >= 15 is 0 Å². The molecule has 25 heavy (non-hydrogen) atoms. The zero-order chi connectivity index (χ0) is 17.8. The van der Waals surface area contributed by atoms with Crippen LogP contribution in [-0.2, 0) is 0 Å². The molecule has 0 unspecified atom stereocenters. The Bertz CT molecular complexity index is 810. The molecule has 3 rings (SSSR count). The van der Waals surface area contributed by atoms with E-state index in [4.69, 9.17) is 9.47 Å². The zero-order valence-corrected chi connectivity index (χ0v) is 14.3. The highest BCUT2D eigenvalue weighted by Gasteiger charge is 2.24. The van der Waals surface area contributed by atoms with Crippen molar-refractivity contribution < 1.29 is 14.3 Å². The summed E-state index contributed by atoms with van der Waals surface area (Å²) >= 11 is 0. The van der Waals surface area contributed by atoms with E-state index in [-0.39, 0.29) is 11.5 Å². The van der Waals surface area contributed by atoms with Gasteiger partial charge >= 0.3 is 0 Å². The standard InChI is InChI=1S/C18H21N3O4/c1-24-14-5-3-4-13(10-14)20-6-8-21(9-7-20)18(23)15-12-19-17(22)11-16(15)25-2/h3-5,10-12H,6-9H2,1-2H3,(H,19,22). The van der Waals surface area contributed by atoms with Gasteiger partial charge in [-0.1, -0.05) is 6.07 Å². The highest BCUT2D eigenvalue weighted by Crippen LogP contribution is 2.23. The summed E-state index contributed by atoms with van der Waals surface area (Å²) in [7, 11) is 3.10. The van der Waals surface area contributed by atoms with Crippen molar-refractivity contribution in [3.05, 3.63) is 52.4 Å². The fourth-order valence-corrected chi connectivity index (χ4v) is 2.93. The summed E-state index contributed by atoms with van der Waals surface area (Å²) in [5, 5.41) is 0. The van der Waals surface area contributed by atoms with E-state index in [0.29, 0.717) is 24.4 Å². The van der Waals surface area contributed by atoms with Crippen molar-refractivity contribution in [3.8, 4) is 11.5 Å². The second-order valence-electron chi connectivity index (χ2n) is 5.76. The first kappa shape index (κ1) is 16.9. The minimum Gasteiger partial charge on any atom is -0.497 e. The Labute approximate surface area is 145 Å². The molecule has 1 fully saturated rings. The first-order valence-electron chi connectivity index (χ1n) is 8.07. The number of aromatic amines is 1. The van der Waals surface area contributed by atoms with Crippen LogP contribution in [0.2, 0.25) is 0 Å². The lowest BCUT2D eigenvalue weighted by Gasteiger charge is -2.36. The summed E-state index contributed by atoms with van der Waals surface area (Å²) < 4.78 is 10.4. The molecule has 1 amide bonds. The number of carbonyl (C=O) groups is 1. The van der Waals surface area contributed by atoms with Crippen LogP contribution in [0.3, 0.4) is 0 Å². The number of piperazine rings is 1. The first-order chi connectivity index (χ1) is 12.1. The number of nitrogens with one attached hydrogen (secondary N) is 1. The number of amides is 1. The largest absolute Gasteiger partial charge is 0.497 e. The molecule has 1 aromatic carbocycles. The molecule has 0 atom stereocenters. The Morgan fingerprint density at radius 1 is 1.08 bits per heavy atom. The Kier molecular flexibility index (Phi) is 4.92. The number of aromatic nitrogens is 1. The van der Waals surface area contributed by atoms with E-state index in [2.05, 4.69) is 9.88 Å². The molecular formula is C18H21N3O4. The second kappa shape index (κ2) is 7.29. The molecule has 2 heterocycles. The molecule has 0 spiro atoms. The summed E-state index contributed by atoms with van der Waals surface area (Å²) in [5.74, 6) is 0.969. The highest BCUT2D eigenvalue weighted by atomic mass is 16.5. The molecule has 1 aliphatic rings. The van der Waals surface area contributed by atoms with Crippen LogP contribution in [0.15, 0.2) is 41.3 Å². The van der Waals surface area contributed by atoms with Crippen molar-refractivity contribution in [1.29, 1.82) is 0 Å². The van der Waals surface area contributed by atoms with E-state index in [9.17, 15) is 9.59 Å². The number of hydrogen-bond acceptors (Lipinski definition) is 5. The van der Waals surface area contributed by atoms with Gasteiger partial charge in [0.1, 0.15) is 11.5 Å². The number of ether oxygens (including phenoxy) is 2. The van der Waals surface area contributed by atoms with Crippen LogP contribution in [0.4, 0.5) is 5.69 Å². The van der Waals surface area contributed by atoms with Gasteiger partial charge < -0.3 is 24.3 Å². The summed E-state index contributed by atoms with van der Waals surface area (Å²) in [6.45, 7) is 2.64. The molecule has 1 saturated heterocycles. The van der Waals surface area contributed by atoms with E-state index in [0.717, 1.165) is 24.5 Å². The van der Waals surface area contributed by atoms with Crippen LogP contribution >= 0.6 is 0 Å². The highest BCUT2D eigenvalue weighted by molar-refractivity contribution is 5.96. The first-order valence-corrected chi connectivity index (χ1v) is 8.07. The van der Waals surface area contributed by atoms with Crippen molar-refractivity contribution in [2.75, 3.05) is 45.3 Å². The minimum absolute atomic E-state index is 0.140. The van der Waals surface area contributed by atoms with Crippen LogP contribution in [-0.4, -0.2) is 56.2 Å². The maximum atomic E-state index is 12.7. The van der Waals surface area contributed by atoms with Crippen molar-refractivity contribution >= 4 is 11.6 Å². The van der Waals surface area contributed by atoms with Gasteiger partial charge in [0.2, 0.25) is 0 Å². The molecule has 7 heteroatoms. The third-order valence-corrected chi connectivity index (χ3v) is 4.32. The smallest absolute Gasteiger partial charge is 0.259 e. The van der Waals surface area contributed by atoms with Crippen LogP contribution in [0.25, 0.3) is 0 Å². The molecule has 0 aliphatic carbocycles. The Hall–Kier alpha value is -2.96. The molecule has 132 valence electrons. The fraction of sp³-hybridized carbons (Fsp3) is 0.333. The van der Waals surface area contributed by atoms with Gasteiger partial charge in [-0.2, -0.15) is 0 Å². The topological polar surface area (TPSA) is 74.9 Å². The lowest BCUT2D eigenvalue weighted by atomic mass is 10.2. The van der Waals surface area contributed by atoms with E-state index in [1.54, 1.807) is 12.0 Å². The van der Waals surface area contributed by atoms with Crippen molar-refractivity contribution in [3.63, 3.8) is 0 Å². The van der Waals surface area contributed by atoms with Gasteiger partial charge in [0.15, 0.2) is 0 Å². The third kappa shape index (κ3) is 3.60. The van der Waals surface area contributed by atoms with Crippen LogP contribution < -0.4 is 19.9 Å². The van der Waals surface area contributed by atoms with Gasteiger partial charge in [0, 0.05) is 50.2 Å². The van der Waals surface area contributed by atoms with Crippen LogP contribution in [0.5, 0.6) is 11.5 Å². The molecule has 1 N–H and O–H groups in total. The fourth-order valence-electron chi connectivity index (χ4n) is 2.93. The lowest BCUT2D eigenvalue weighted by molar-refractivity contribution is 0.0743. The SMILES string of the molecule is COc1cccc(N2CCN(C(=O)c3c[nH]c(=O)cc3OC)CC2)c1. The number of pyridine rings is 1. The number of hydrogen-bond donors (Lipinski definition) is 1. The Morgan fingerprint density at radius 3 is 2.52 bits per heavy atom. The number of H-pyrrole nitrogens is 1. The van der Waals surface area contributed by atoms with Gasteiger partial charge in [-0.15, -0.1) is 0 Å². The van der Waals surface area contributed by atoms with Crippen molar-refractivity contribution in [2.24, 2.45) is 0 Å². The molecular weight excluding hydrogens is 322 g/mol. The molecule has 0 saturated carbocycles. The van der Waals surface area contributed by atoms with E-state index < -0.39 is 0 Å². The average molecular weight is 343 g/mol. The van der Waals surface area contributed by atoms with Crippen LogP contribution in [0, 0.1) is 0 Å². The Morgan fingerprint density at radius 2 is 1.84 bits per heavy atom. The van der Waals surface area contributed by atoms with E-state index in [1.807, 2.05) is 24.3 Å². The minimum atomic E-state index is -0.295. The normalized spacial score (nSPS) is 14.3. The number of anilines is 1. The van der Waals surface area contributed by atoms with Gasteiger partial charge in [-0.25, -0.2) is 0 Å². The molecule has 0 radical (unpaired) electrons. The number of benzene rings is 1. The van der Waals surface area contributed by atoms with Gasteiger partial charge in [-0.05, 0) is 12.1 Å². The summed E-state index contributed by atoms with van der Waals surface area (Å²) in [4.78, 5) is 30.6. The van der Waals surface area contributed by atoms with E-state index in [1.165, 1.54) is 19.4 Å². The predicted molar refractivity (Wildman–Crippen MR) is 94.7 cm³/mol. The second-order valence-corrected chi connectivity index (χ2v) is 5.76. The van der Waals surface area contributed by atoms with Crippen LogP contribution in [0.1, 0.15) is 10.4 Å². The number of methoxy groups -OCH3 is 2. The predicted octanol–water partition coefficient (Wildman–Crippen LogP) is 1.35. The quantitative estimate of drug-likeness (QED) is 0.907. The number of carbonyl (C=O) groups excluding carboxylic acids is 1. The maximum Gasteiger partial charge on any atom is 0.259 e. The monoisotopic (exact) mass is 343 g/mol. The molecule has 2 aromatic rings. The molecule has 0 bridgehead atoms. The molecule has 7 nitrogen and oxygen atoms in total. The number of rotatable bonds is 4.